The van der Waals surface area contributed by atoms with Crippen molar-refractivity contribution in [1.82, 2.24) is 9.97 Å². The van der Waals surface area contributed by atoms with Crippen LogP contribution in [0.15, 0.2) is 66.9 Å². The Morgan fingerprint density at radius 2 is 1.81 bits per heavy atom. The molecule has 0 saturated carbocycles. The monoisotopic (exact) mass is 359 g/mol. The molecular formula is C21H11ClFN3. The molecule has 0 spiro atoms. The highest BCUT2D eigenvalue weighted by atomic mass is 35.5. The van der Waals surface area contributed by atoms with Crippen LogP contribution in [0.5, 0.6) is 0 Å². The Balaban J connectivity index is 2.08. The first kappa shape index (κ1) is 16.2. The lowest BCUT2D eigenvalue weighted by molar-refractivity contribution is 0.628. The standard InChI is InChI=1S/C21H11ClFN3/c22-21-16-8-7-13(18-6-1-2-9-25-18)11-17(16)20(19(12-24)26-21)14-4-3-5-15(23)10-14/h1-11H. The topological polar surface area (TPSA) is 49.6 Å². The van der Waals surface area contributed by atoms with Crippen molar-refractivity contribution >= 4 is 22.4 Å². The van der Waals surface area contributed by atoms with Gasteiger partial charge in [0, 0.05) is 22.7 Å². The summed E-state index contributed by atoms with van der Waals surface area (Å²) < 4.78 is 13.8. The maximum absolute atomic E-state index is 13.8. The van der Waals surface area contributed by atoms with Crippen LogP contribution in [0, 0.1) is 17.1 Å². The molecule has 0 bridgehead atoms. The Morgan fingerprint density at radius 1 is 0.923 bits per heavy atom. The van der Waals surface area contributed by atoms with Crippen molar-refractivity contribution in [2.24, 2.45) is 0 Å². The van der Waals surface area contributed by atoms with Gasteiger partial charge in [-0.15, -0.1) is 0 Å². The third kappa shape index (κ3) is 2.79. The molecule has 0 saturated heterocycles. The van der Waals surface area contributed by atoms with Gasteiger partial charge in [-0.1, -0.05) is 41.9 Å². The minimum Gasteiger partial charge on any atom is -0.256 e. The average molecular weight is 360 g/mol. The summed E-state index contributed by atoms with van der Waals surface area (Å²) in [5, 5.41) is 11.2. The zero-order chi connectivity index (χ0) is 18.1. The van der Waals surface area contributed by atoms with Crippen molar-refractivity contribution in [2.75, 3.05) is 0 Å². The summed E-state index contributed by atoms with van der Waals surface area (Å²) in [5.74, 6) is -0.379. The summed E-state index contributed by atoms with van der Waals surface area (Å²) in [4.78, 5) is 8.56. The lowest BCUT2D eigenvalue weighted by Crippen LogP contribution is -1.94. The van der Waals surface area contributed by atoms with Gasteiger partial charge in [0.15, 0.2) is 5.69 Å². The predicted molar refractivity (Wildman–Crippen MR) is 100 cm³/mol. The number of rotatable bonds is 2. The Bertz CT molecular complexity index is 1170. The molecule has 124 valence electrons. The molecule has 0 aliphatic carbocycles. The van der Waals surface area contributed by atoms with E-state index in [4.69, 9.17) is 11.6 Å². The first-order valence-corrected chi connectivity index (χ1v) is 8.26. The molecule has 2 heterocycles. The van der Waals surface area contributed by atoms with Gasteiger partial charge in [-0.25, -0.2) is 9.37 Å². The Kier molecular flexibility index (Phi) is 4.08. The van der Waals surface area contributed by atoms with Crippen molar-refractivity contribution in [3.8, 4) is 28.5 Å². The van der Waals surface area contributed by atoms with Crippen LogP contribution in [0.3, 0.4) is 0 Å². The molecular weight excluding hydrogens is 349 g/mol. The van der Waals surface area contributed by atoms with Crippen molar-refractivity contribution in [1.29, 1.82) is 5.26 Å². The van der Waals surface area contributed by atoms with Crippen molar-refractivity contribution in [3.05, 3.63) is 83.5 Å². The molecule has 4 rings (SSSR count). The van der Waals surface area contributed by atoms with E-state index in [9.17, 15) is 9.65 Å². The summed E-state index contributed by atoms with van der Waals surface area (Å²) >= 11 is 6.28. The molecule has 0 aliphatic rings. The maximum atomic E-state index is 13.8. The van der Waals surface area contributed by atoms with Gasteiger partial charge in [-0.2, -0.15) is 5.26 Å². The maximum Gasteiger partial charge on any atom is 0.150 e. The van der Waals surface area contributed by atoms with E-state index in [1.807, 2.05) is 36.4 Å². The minimum absolute atomic E-state index is 0.159. The molecule has 0 N–H and O–H groups in total. The molecule has 0 aliphatic heterocycles. The molecule has 3 nitrogen and oxygen atoms in total. The number of nitrogens with zero attached hydrogens (tertiary/aromatic N) is 3. The molecule has 0 fully saturated rings. The Morgan fingerprint density at radius 3 is 2.54 bits per heavy atom. The van der Waals surface area contributed by atoms with Crippen molar-refractivity contribution in [3.63, 3.8) is 0 Å². The number of pyridine rings is 2. The van der Waals surface area contributed by atoms with Gasteiger partial charge >= 0.3 is 0 Å². The number of fused-ring (bicyclic) bond motifs is 1. The average Bonchev–Trinajstić information content (AvgIpc) is 2.68. The molecule has 2 aromatic carbocycles. The molecule has 26 heavy (non-hydrogen) atoms. The van der Waals surface area contributed by atoms with E-state index < -0.39 is 0 Å². The molecule has 0 atom stereocenters. The molecule has 0 unspecified atom stereocenters. The van der Waals surface area contributed by atoms with Gasteiger partial charge in [0.2, 0.25) is 0 Å². The van der Waals surface area contributed by atoms with Gasteiger partial charge in [-0.05, 0) is 41.3 Å². The number of nitriles is 1. The largest absolute Gasteiger partial charge is 0.256 e. The normalized spacial score (nSPS) is 10.7. The quantitative estimate of drug-likeness (QED) is 0.436. The SMILES string of the molecule is N#Cc1nc(Cl)c2ccc(-c3ccccn3)cc2c1-c1cccc(F)c1. The van der Waals surface area contributed by atoms with Gasteiger partial charge in [0.05, 0.1) is 5.69 Å². The molecule has 0 amide bonds. The van der Waals surface area contributed by atoms with E-state index in [1.165, 1.54) is 12.1 Å². The zero-order valence-electron chi connectivity index (χ0n) is 13.4. The first-order valence-electron chi connectivity index (χ1n) is 7.88. The van der Waals surface area contributed by atoms with Crippen LogP contribution >= 0.6 is 11.6 Å². The van der Waals surface area contributed by atoms with Crippen LogP contribution in [-0.2, 0) is 0 Å². The van der Waals surface area contributed by atoms with E-state index in [0.29, 0.717) is 16.5 Å². The fourth-order valence-electron chi connectivity index (χ4n) is 2.98. The van der Waals surface area contributed by atoms with Gasteiger partial charge in [-0.3, -0.25) is 4.98 Å². The smallest absolute Gasteiger partial charge is 0.150 e. The summed E-state index contributed by atoms with van der Waals surface area (Å²) in [6.45, 7) is 0. The van der Waals surface area contributed by atoms with Gasteiger partial charge in [0.25, 0.3) is 0 Å². The predicted octanol–water partition coefficient (Wildman–Crippen LogP) is 5.63. The van der Waals surface area contributed by atoms with Crippen LogP contribution in [0.4, 0.5) is 4.39 Å². The fraction of sp³-hybridized carbons (Fsp3) is 0. The number of benzene rings is 2. The highest BCUT2D eigenvalue weighted by molar-refractivity contribution is 6.35. The summed E-state index contributed by atoms with van der Waals surface area (Å²) in [6, 6.07) is 19.5. The van der Waals surface area contributed by atoms with Crippen LogP contribution in [-0.4, -0.2) is 9.97 Å². The number of aromatic nitrogens is 2. The van der Waals surface area contributed by atoms with E-state index in [0.717, 1.165) is 16.6 Å². The second-order valence-corrected chi connectivity index (χ2v) is 6.08. The molecule has 5 heteroatoms. The second kappa shape index (κ2) is 6.55. The van der Waals surface area contributed by atoms with E-state index >= 15 is 0 Å². The summed E-state index contributed by atoms with van der Waals surface area (Å²) in [7, 11) is 0. The number of hydrogen-bond acceptors (Lipinski definition) is 3. The lowest BCUT2D eigenvalue weighted by Gasteiger charge is -2.12. The van der Waals surface area contributed by atoms with Gasteiger partial charge in [0.1, 0.15) is 17.0 Å². The third-order valence-corrected chi connectivity index (χ3v) is 4.43. The Hall–Kier alpha value is -3.29. The van der Waals surface area contributed by atoms with Crippen LogP contribution in [0.2, 0.25) is 5.15 Å². The zero-order valence-corrected chi connectivity index (χ0v) is 14.2. The lowest BCUT2D eigenvalue weighted by atomic mass is 9.95. The highest BCUT2D eigenvalue weighted by Crippen LogP contribution is 2.36. The van der Waals surface area contributed by atoms with Crippen LogP contribution in [0.25, 0.3) is 33.2 Å². The molecule has 0 radical (unpaired) electrons. The summed E-state index contributed by atoms with van der Waals surface area (Å²) in [5.41, 5.74) is 2.97. The first-order chi connectivity index (χ1) is 12.7. The summed E-state index contributed by atoms with van der Waals surface area (Å²) in [6.07, 6.45) is 1.72. The fourth-order valence-corrected chi connectivity index (χ4v) is 3.23. The molecule has 2 aromatic heterocycles. The van der Waals surface area contributed by atoms with E-state index in [-0.39, 0.29) is 16.7 Å². The number of halogens is 2. The number of hydrogen-bond donors (Lipinski definition) is 0. The van der Waals surface area contributed by atoms with Gasteiger partial charge < -0.3 is 0 Å². The van der Waals surface area contributed by atoms with Crippen molar-refractivity contribution in [2.45, 2.75) is 0 Å². The van der Waals surface area contributed by atoms with E-state index in [2.05, 4.69) is 16.0 Å². The Labute approximate surface area is 154 Å². The second-order valence-electron chi connectivity index (χ2n) is 5.72. The third-order valence-electron chi connectivity index (χ3n) is 4.14. The minimum atomic E-state index is -0.379. The van der Waals surface area contributed by atoms with E-state index in [1.54, 1.807) is 18.3 Å². The van der Waals surface area contributed by atoms with Crippen molar-refractivity contribution < 1.29 is 4.39 Å². The molecule has 4 aromatic rings. The highest BCUT2D eigenvalue weighted by Gasteiger charge is 2.16. The van der Waals surface area contributed by atoms with Crippen LogP contribution < -0.4 is 0 Å². The van der Waals surface area contributed by atoms with Crippen LogP contribution in [0.1, 0.15) is 5.69 Å².